The Hall–Kier alpha value is -1.06. The number of benzene rings is 1. The Bertz CT molecular complexity index is 435. The van der Waals surface area contributed by atoms with Gasteiger partial charge in [0.25, 0.3) is 0 Å². The molecule has 2 N–H and O–H groups in total. The van der Waals surface area contributed by atoms with Gasteiger partial charge in [-0.3, -0.25) is 0 Å². The average molecular weight is 277 g/mol. The van der Waals surface area contributed by atoms with Crippen LogP contribution in [0.15, 0.2) is 24.3 Å². The Morgan fingerprint density at radius 3 is 2.45 bits per heavy atom. The lowest BCUT2D eigenvalue weighted by Gasteiger charge is -2.36. The predicted octanol–water partition coefficient (Wildman–Crippen LogP) is 3.12. The van der Waals surface area contributed by atoms with Crippen molar-refractivity contribution in [1.29, 1.82) is 0 Å². The number of hydrogen-bond acceptors (Lipinski definition) is 3. The molecule has 1 aromatic carbocycles. The van der Waals surface area contributed by atoms with Crippen molar-refractivity contribution in [3.05, 3.63) is 29.8 Å². The van der Waals surface area contributed by atoms with Gasteiger partial charge in [0.1, 0.15) is 5.75 Å². The summed E-state index contributed by atoms with van der Waals surface area (Å²) in [6, 6.07) is 7.56. The van der Waals surface area contributed by atoms with Crippen molar-refractivity contribution in [3.63, 3.8) is 0 Å². The van der Waals surface area contributed by atoms with Crippen molar-refractivity contribution in [3.8, 4) is 5.75 Å². The largest absolute Gasteiger partial charge is 0.508 e. The quantitative estimate of drug-likeness (QED) is 0.888. The molecule has 1 fully saturated rings. The fourth-order valence-corrected chi connectivity index (χ4v) is 2.81. The van der Waals surface area contributed by atoms with Crippen molar-refractivity contribution in [2.24, 2.45) is 5.41 Å². The van der Waals surface area contributed by atoms with Crippen LogP contribution < -0.4 is 5.32 Å². The first-order valence-corrected chi connectivity index (χ1v) is 7.45. The molecule has 2 rings (SSSR count). The molecule has 2 atom stereocenters. The maximum atomic E-state index is 9.41. The lowest BCUT2D eigenvalue weighted by atomic mass is 9.75. The van der Waals surface area contributed by atoms with Crippen LogP contribution in [0, 0.1) is 5.41 Å². The molecule has 0 bridgehead atoms. The third-order valence-electron chi connectivity index (χ3n) is 4.29. The van der Waals surface area contributed by atoms with Gasteiger partial charge in [0.2, 0.25) is 0 Å². The molecular weight excluding hydrogens is 250 g/mol. The Morgan fingerprint density at radius 2 is 1.95 bits per heavy atom. The van der Waals surface area contributed by atoms with Gasteiger partial charge in [0.15, 0.2) is 0 Å². The summed E-state index contributed by atoms with van der Waals surface area (Å²) in [6.07, 6.45) is 2.32. The third-order valence-corrected chi connectivity index (χ3v) is 4.29. The topological polar surface area (TPSA) is 41.5 Å². The van der Waals surface area contributed by atoms with Gasteiger partial charge < -0.3 is 15.2 Å². The van der Waals surface area contributed by atoms with Crippen molar-refractivity contribution in [2.75, 3.05) is 13.2 Å². The highest BCUT2D eigenvalue weighted by atomic mass is 16.5. The molecule has 20 heavy (non-hydrogen) atoms. The first kappa shape index (κ1) is 15.3. The molecule has 1 aromatic rings. The summed E-state index contributed by atoms with van der Waals surface area (Å²) in [7, 11) is 0. The van der Waals surface area contributed by atoms with Crippen LogP contribution in [0.25, 0.3) is 0 Å². The summed E-state index contributed by atoms with van der Waals surface area (Å²) in [5.41, 5.74) is 1.52. The van der Waals surface area contributed by atoms with Crippen LogP contribution in [0.4, 0.5) is 0 Å². The van der Waals surface area contributed by atoms with E-state index in [0.29, 0.717) is 5.75 Å². The molecule has 0 amide bonds. The molecule has 112 valence electrons. The lowest BCUT2D eigenvalue weighted by Crippen LogP contribution is -2.47. The van der Waals surface area contributed by atoms with Gasteiger partial charge in [0.05, 0.1) is 6.10 Å². The average Bonchev–Trinajstić information content (AvgIpc) is 2.71. The molecule has 0 radical (unpaired) electrons. The van der Waals surface area contributed by atoms with Crippen LogP contribution in [0.1, 0.15) is 39.7 Å². The van der Waals surface area contributed by atoms with E-state index in [2.05, 4.69) is 33.0 Å². The molecule has 1 saturated heterocycles. The first-order valence-electron chi connectivity index (χ1n) is 7.45. The molecule has 0 spiro atoms. The summed E-state index contributed by atoms with van der Waals surface area (Å²) in [5.74, 6) is 0.325. The summed E-state index contributed by atoms with van der Waals surface area (Å²) < 4.78 is 5.84. The second-order valence-corrected chi connectivity index (χ2v) is 7.07. The second kappa shape index (κ2) is 5.74. The highest BCUT2D eigenvalue weighted by molar-refractivity contribution is 5.27. The van der Waals surface area contributed by atoms with E-state index in [9.17, 15) is 5.11 Å². The molecule has 1 aliphatic heterocycles. The second-order valence-electron chi connectivity index (χ2n) is 7.07. The maximum absolute atomic E-state index is 9.41. The third kappa shape index (κ3) is 3.74. The normalized spacial score (nSPS) is 26.9. The number of ether oxygens (including phenoxy) is 1. The van der Waals surface area contributed by atoms with Crippen molar-refractivity contribution in [2.45, 2.75) is 52.2 Å². The van der Waals surface area contributed by atoms with Crippen LogP contribution in [-0.4, -0.2) is 29.9 Å². The number of nitrogens with one attached hydrogen (secondary N) is 1. The van der Waals surface area contributed by atoms with Gasteiger partial charge in [-0.1, -0.05) is 12.1 Å². The van der Waals surface area contributed by atoms with Crippen molar-refractivity contribution in [1.82, 2.24) is 5.32 Å². The Kier molecular flexibility index (Phi) is 4.40. The minimum Gasteiger partial charge on any atom is -0.508 e. The van der Waals surface area contributed by atoms with E-state index in [1.54, 1.807) is 12.1 Å². The zero-order valence-electron chi connectivity index (χ0n) is 13.1. The Balaban J connectivity index is 2.13. The van der Waals surface area contributed by atoms with E-state index in [4.69, 9.17) is 4.74 Å². The maximum Gasteiger partial charge on any atom is 0.115 e. The Morgan fingerprint density at radius 1 is 1.30 bits per heavy atom. The molecular formula is C17H27NO2. The minimum atomic E-state index is 0.115. The molecule has 0 saturated carbocycles. The van der Waals surface area contributed by atoms with Gasteiger partial charge in [-0.15, -0.1) is 0 Å². The number of rotatable bonds is 4. The van der Waals surface area contributed by atoms with E-state index >= 15 is 0 Å². The van der Waals surface area contributed by atoms with Crippen molar-refractivity contribution < 1.29 is 9.84 Å². The number of phenols is 1. The molecule has 1 heterocycles. The minimum absolute atomic E-state index is 0.115. The smallest absolute Gasteiger partial charge is 0.115 e. The molecule has 0 aliphatic carbocycles. The van der Waals surface area contributed by atoms with E-state index in [0.717, 1.165) is 26.0 Å². The van der Waals surface area contributed by atoms with E-state index < -0.39 is 0 Å². The zero-order valence-corrected chi connectivity index (χ0v) is 13.1. The summed E-state index contributed by atoms with van der Waals surface area (Å²) in [6.45, 7) is 10.6. The van der Waals surface area contributed by atoms with Crippen LogP contribution in [0.5, 0.6) is 5.75 Å². The summed E-state index contributed by atoms with van der Waals surface area (Å²) >= 11 is 0. The SMILES string of the molecule is CC1OCCC1(CNC(C)(C)C)Cc1ccc(O)cc1. The lowest BCUT2D eigenvalue weighted by molar-refractivity contribution is 0.0598. The molecule has 2 unspecified atom stereocenters. The Labute approximate surface area is 122 Å². The number of phenolic OH excluding ortho intramolecular Hbond substituents is 1. The predicted molar refractivity (Wildman–Crippen MR) is 82.0 cm³/mol. The number of hydrogen-bond donors (Lipinski definition) is 2. The van der Waals surface area contributed by atoms with Gasteiger partial charge in [-0.25, -0.2) is 0 Å². The van der Waals surface area contributed by atoms with Gasteiger partial charge >= 0.3 is 0 Å². The highest BCUT2D eigenvalue weighted by Gasteiger charge is 2.41. The molecule has 3 heteroatoms. The first-order chi connectivity index (χ1) is 9.31. The van der Waals surface area contributed by atoms with E-state index in [-0.39, 0.29) is 17.1 Å². The molecule has 0 aromatic heterocycles. The van der Waals surface area contributed by atoms with Gasteiger partial charge in [0, 0.05) is 24.1 Å². The van der Waals surface area contributed by atoms with Crippen LogP contribution >= 0.6 is 0 Å². The van der Waals surface area contributed by atoms with Crippen molar-refractivity contribution >= 4 is 0 Å². The van der Waals surface area contributed by atoms with Gasteiger partial charge in [-0.05, 0) is 58.2 Å². The zero-order chi connectivity index (χ0) is 14.8. The van der Waals surface area contributed by atoms with Crippen LogP contribution in [0.2, 0.25) is 0 Å². The van der Waals surface area contributed by atoms with Crippen LogP contribution in [0.3, 0.4) is 0 Å². The standard InChI is InChI=1S/C17H27NO2/c1-13-17(9-10-20-13,12-18-16(2,3)4)11-14-5-7-15(19)8-6-14/h5-8,13,18-19H,9-12H2,1-4H3. The van der Waals surface area contributed by atoms with E-state index in [1.807, 2.05) is 12.1 Å². The monoisotopic (exact) mass is 277 g/mol. The summed E-state index contributed by atoms with van der Waals surface area (Å²) in [5, 5.41) is 13.0. The highest BCUT2D eigenvalue weighted by Crippen LogP contribution is 2.38. The molecule has 1 aliphatic rings. The van der Waals surface area contributed by atoms with Gasteiger partial charge in [-0.2, -0.15) is 0 Å². The number of aromatic hydroxyl groups is 1. The fourth-order valence-electron chi connectivity index (χ4n) is 2.81. The fraction of sp³-hybridized carbons (Fsp3) is 0.647. The van der Waals surface area contributed by atoms with Crippen LogP contribution in [-0.2, 0) is 11.2 Å². The molecule has 3 nitrogen and oxygen atoms in total. The van der Waals surface area contributed by atoms with E-state index in [1.165, 1.54) is 5.56 Å². The summed E-state index contributed by atoms with van der Waals surface area (Å²) in [4.78, 5) is 0.